The number of carbonyl (C=O) groups excluding carboxylic acids is 2. The molecular weight excluding hydrogens is 422 g/mol. The summed E-state index contributed by atoms with van der Waals surface area (Å²) < 4.78 is 5.94. The van der Waals surface area contributed by atoms with E-state index in [-0.39, 0.29) is 6.10 Å². The molecule has 1 aromatic carbocycles. The molecule has 8 heteroatoms. The van der Waals surface area contributed by atoms with E-state index < -0.39 is 11.9 Å². The van der Waals surface area contributed by atoms with Crippen molar-refractivity contribution in [3.63, 3.8) is 0 Å². The van der Waals surface area contributed by atoms with Crippen LogP contribution in [0.1, 0.15) is 32.3 Å². The maximum Gasteiger partial charge on any atom is 0.171 e. The first-order chi connectivity index (χ1) is 15.8. The molecule has 1 aromatic heterocycles. The molecule has 0 N–H and O–H groups in total. The zero-order chi connectivity index (χ0) is 24.2. The minimum absolute atomic E-state index is 0.157. The molecule has 0 spiro atoms. The number of ether oxygens (including phenoxy) is 1. The molecule has 33 heavy (non-hydrogen) atoms. The van der Waals surface area contributed by atoms with Gasteiger partial charge in [-0.05, 0) is 56.5 Å². The molecule has 8 nitrogen and oxygen atoms in total. The van der Waals surface area contributed by atoms with Gasteiger partial charge in [-0.3, -0.25) is 4.90 Å². The van der Waals surface area contributed by atoms with Crippen molar-refractivity contribution in [3.8, 4) is 5.75 Å². The molecule has 1 fully saturated rings. The third-order valence-electron chi connectivity index (χ3n) is 5.16. The van der Waals surface area contributed by atoms with Crippen LogP contribution in [0.5, 0.6) is 5.75 Å². The lowest BCUT2D eigenvalue weighted by Crippen LogP contribution is -2.43. The van der Waals surface area contributed by atoms with E-state index in [9.17, 15) is 19.8 Å². The van der Waals surface area contributed by atoms with Gasteiger partial charge in [-0.1, -0.05) is 30.3 Å². The fraction of sp³-hybridized carbons (Fsp3) is 0.400. The standard InChI is InChI=1S/C21H29N3O.C4H4O4/c1-17(2)25-20-10-7-13-22-21(20)23(3)19-11-14-24(15-12-19)16-18-8-5-4-6-9-18;5-3(6)1-2-4(7)8/h4-10,13,17,19H,11-12,14-16H2,1-3H3;1-2H,(H,5,6)(H,7,8)/p-2/b;2-1-. The topological polar surface area (TPSA) is 109 Å². The number of carboxylic acid groups (broad SMARTS) is 2. The van der Waals surface area contributed by atoms with Crippen molar-refractivity contribution >= 4 is 17.8 Å². The number of rotatable bonds is 8. The summed E-state index contributed by atoms with van der Waals surface area (Å²) in [5.41, 5.74) is 1.40. The average molecular weight is 454 g/mol. The van der Waals surface area contributed by atoms with Gasteiger partial charge in [0.25, 0.3) is 0 Å². The van der Waals surface area contributed by atoms with Crippen LogP contribution >= 0.6 is 0 Å². The summed E-state index contributed by atoms with van der Waals surface area (Å²) in [4.78, 5) is 28.3. The zero-order valence-corrected chi connectivity index (χ0v) is 19.3. The van der Waals surface area contributed by atoms with Gasteiger partial charge < -0.3 is 29.4 Å². The number of aromatic nitrogens is 1. The second-order valence-corrected chi connectivity index (χ2v) is 8.07. The molecule has 2 aromatic rings. The summed E-state index contributed by atoms with van der Waals surface area (Å²) in [6.45, 7) is 7.40. The second kappa shape index (κ2) is 13.2. The molecule has 3 rings (SSSR count). The summed E-state index contributed by atoms with van der Waals surface area (Å²) in [5.74, 6) is -1.26. The van der Waals surface area contributed by atoms with Crippen molar-refractivity contribution in [2.45, 2.75) is 45.4 Å². The van der Waals surface area contributed by atoms with Gasteiger partial charge in [0.05, 0.1) is 18.0 Å². The SMILES string of the molecule is CC(C)Oc1cccnc1N(C)C1CCN(Cc2ccccc2)CC1.O=C([O-])/C=C\C(=O)[O-]. The number of nitrogens with zero attached hydrogens (tertiary/aromatic N) is 3. The summed E-state index contributed by atoms with van der Waals surface area (Å²) in [6, 6.07) is 15.2. The summed E-state index contributed by atoms with van der Waals surface area (Å²) in [7, 11) is 2.15. The Hall–Kier alpha value is -3.39. The molecule has 0 amide bonds. The van der Waals surface area contributed by atoms with Crippen LogP contribution in [-0.4, -0.2) is 54.1 Å². The van der Waals surface area contributed by atoms with E-state index in [4.69, 9.17) is 4.74 Å². The maximum atomic E-state index is 9.41. The molecule has 178 valence electrons. The molecule has 0 atom stereocenters. The number of carboxylic acids is 2. The Kier molecular flexibility index (Phi) is 10.4. The number of carbonyl (C=O) groups is 2. The Labute approximate surface area is 195 Å². The van der Waals surface area contributed by atoms with E-state index in [1.165, 1.54) is 5.56 Å². The van der Waals surface area contributed by atoms with Gasteiger partial charge >= 0.3 is 0 Å². The fourth-order valence-corrected chi connectivity index (χ4v) is 3.61. The van der Waals surface area contributed by atoms with Crippen molar-refractivity contribution in [2.75, 3.05) is 25.0 Å². The van der Waals surface area contributed by atoms with Crippen molar-refractivity contribution in [2.24, 2.45) is 0 Å². The van der Waals surface area contributed by atoms with Crippen LogP contribution in [0.25, 0.3) is 0 Å². The highest BCUT2D eigenvalue weighted by Gasteiger charge is 2.25. The molecule has 0 saturated carbocycles. The van der Waals surface area contributed by atoms with E-state index in [1.54, 1.807) is 0 Å². The van der Waals surface area contributed by atoms with Gasteiger partial charge in [-0.2, -0.15) is 0 Å². The van der Waals surface area contributed by atoms with Gasteiger partial charge in [0.2, 0.25) is 0 Å². The molecule has 0 aliphatic carbocycles. The Morgan fingerprint density at radius 1 is 1.09 bits per heavy atom. The van der Waals surface area contributed by atoms with E-state index in [1.807, 2.05) is 18.3 Å². The number of likely N-dealkylation sites (tertiary alicyclic amines) is 1. The van der Waals surface area contributed by atoms with E-state index in [2.05, 4.69) is 66.0 Å². The van der Waals surface area contributed by atoms with Crippen LogP contribution in [0, 0.1) is 0 Å². The number of benzene rings is 1. The Bertz CT molecular complexity index is 893. The molecule has 0 unspecified atom stereocenters. The molecular formula is C25H31N3O5-2. The first kappa shape index (κ1) is 25.9. The highest BCUT2D eigenvalue weighted by atomic mass is 16.5. The normalized spacial score (nSPS) is 14.5. The number of hydrogen-bond donors (Lipinski definition) is 0. The number of hydrogen-bond acceptors (Lipinski definition) is 8. The first-order valence-corrected chi connectivity index (χ1v) is 11.0. The monoisotopic (exact) mass is 453 g/mol. The second-order valence-electron chi connectivity index (χ2n) is 8.07. The zero-order valence-electron chi connectivity index (χ0n) is 19.3. The third-order valence-corrected chi connectivity index (χ3v) is 5.16. The third kappa shape index (κ3) is 9.33. The Morgan fingerprint density at radius 2 is 1.70 bits per heavy atom. The number of anilines is 1. The maximum absolute atomic E-state index is 9.41. The van der Waals surface area contributed by atoms with Gasteiger partial charge in [0.15, 0.2) is 11.6 Å². The summed E-state index contributed by atoms with van der Waals surface area (Å²) >= 11 is 0. The molecule has 1 saturated heterocycles. The van der Waals surface area contributed by atoms with Crippen molar-refractivity contribution in [1.29, 1.82) is 0 Å². The van der Waals surface area contributed by atoms with E-state index in [0.717, 1.165) is 44.0 Å². The van der Waals surface area contributed by atoms with Crippen LogP contribution in [0.15, 0.2) is 60.8 Å². The number of aliphatic carboxylic acids is 2. The minimum atomic E-state index is -1.55. The van der Waals surface area contributed by atoms with Crippen molar-refractivity contribution in [3.05, 3.63) is 66.4 Å². The lowest BCUT2D eigenvalue weighted by atomic mass is 10.0. The van der Waals surface area contributed by atoms with Gasteiger partial charge in [-0.25, -0.2) is 4.98 Å². The summed E-state index contributed by atoms with van der Waals surface area (Å²) in [5, 5.41) is 18.8. The van der Waals surface area contributed by atoms with Crippen LogP contribution < -0.4 is 19.8 Å². The molecule has 2 heterocycles. The minimum Gasteiger partial charge on any atom is -0.545 e. The largest absolute Gasteiger partial charge is 0.545 e. The van der Waals surface area contributed by atoms with E-state index in [0.29, 0.717) is 18.2 Å². The van der Waals surface area contributed by atoms with E-state index >= 15 is 0 Å². The lowest BCUT2D eigenvalue weighted by Gasteiger charge is -2.37. The van der Waals surface area contributed by atoms with Gasteiger partial charge in [0.1, 0.15) is 0 Å². The molecule has 0 radical (unpaired) electrons. The average Bonchev–Trinajstić information content (AvgIpc) is 2.79. The Balaban J connectivity index is 0.000000414. The number of pyridine rings is 1. The lowest BCUT2D eigenvalue weighted by molar-refractivity contribution is -0.301. The van der Waals surface area contributed by atoms with Crippen LogP contribution in [-0.2, 0) is 16.1 Å². The van der Waals surface area contributed by atoms with Crippen LogP contribution in [0.2, 0.25) is 0 Å². The predicted octanol–water partition coefficient (Wildman–Crippen LogP) is 1.01. The van der Waals surface area contributed by atoms with Crippen LogP contribution in [0.3, 0.4) is 0 Å². The smallest absolute Gasteiger partial charge is 0.171 e. The predicted molar refractivity (Wildman–Crippen MR) is 122 cm³/mol. The highest BCUT2D eigenvalue weighted by molar-refractivity contribution is 5.87. The molecule has 1 aliphatic heterocycles. The summed E-state index contributed by atoms with van der Waals surface area (Å²) in [6.07, 6.45) is 5.08. The molecule has 0 bridgehead atoms. The quantitative estimate of drug-likeness (QED) is 0.545. The highest BCUT2D eigenvalue weighted by Crippen LogP contribution is 2.29. The number of piperidine rings is 1. The van der Waals surface area contributed by atoms with Crippen LogP contribution in [0.4, 0.5) is 5.82 Å². The van der Waals surface area contributed by atoms with Gasteiger partial charge in [0, 0.05) is 38.9 Å². The fourth-order valence-electron chi connectivity index (χ4n) is 3.61. The Morgan fingerprint density at radius 3 is 2.24 bits per heavy atom. The van der Waals surface area contributed by atoms with Crippen molar-refractivity contribution < 1.29 is 24.5 Å². The van der Waals surface area contributed by atoms with Crippen molar-refractivity contribution in [1.82, 2.24) is 9.88 Å². The molecule has 1 aliphatic rings. The first-order valence-electron chi connectivity index (χ1n) is 11.0. The van der Waals surface area contributed by atoms with Gasteiger partial charge in [-0.15, -0.1) is 0 Å².